The minimum Gasteiger partial charge on any atom is -0.392 e. The molecule has 1 heterocycles. The first-order chi connectivity index (χ1) is 8.31. The minimum absolute atomic E-state index is 0.246. The highest BCUT2D eigenvalue weighted by Gasteiger charge is 2.41. The zero-order valence-electron chi connectivity index (χ0n) is 12.9. The molecule has 1 rings (SSSR count). The summed E-state index contributed by atoms with van der Waals surface area (Å²) in [5.74, 6) is 0. The Morgan fingerprint density at radius 1 is 1.11 bits per heavy atom. The van der Waals surface area contributed by atoms with Gasteiger partial charge in [-0.1, -0.05) is 6.92 Å². The van der Waals surface area contributed by atoms with E-state index in [1.54, 1.807) is 0 Å². The third kappa shape index (κ3) is 4.65. The Labute approximate surface area is 113 Å². The average molecular weight is 274 g/mol. The highest BCUT2D eigenvalue weighted by atomic mass is 28.4. The lowest BCUT2D eigenvalue weighted by molar-refractivity contribution is -0.117. The molecule has 0 aliphatic carbocycles. The summed E-state index contributed by atoms with van der Waals surface area (Å²) in [5.41, 5.74) is 0.398. The van der Waals surface area contributed by atoms with Crippen LogP contribution in [0.5, 0.6) is 0 Å². The Hall–Kier alpha value is 0.0969. The van der Waals surface area contributed by atoms with E-state index in [0.29, 0.717) is 5.41 Å². The Morgan fingerprint density at radius 2 is 1.61 bits per heavy atom. The van der Waals surface area contributed by atoms with Crippen LogP contribution in [0, 0.1) is 5.41 Å². The molecule has 1 aliphatic rings. The number of hydrogen-bond donors (Lipinski definition) is 0. The van der Waals surface area contributed by atoms with Crippen LogP contribution in [0.3, 0.4) is 0 Å². The quantitative estimate of drug-likeness (QED) is 0.631. The monoisotopic (exact) mass is 274 g/mol. The van der Waals surface area contributed by atoms with Gasteiger partial charge in [0.2, 0.25) is 0 Å². The fraction of sp³-hybridized carbons (Fsp3) is 1.00. The molecule has 0 saturated carbocycles. The average Bonchev–Trinajstić information content (AvgIpc) is 2.13. The van der Waals surface area contributed by atoms with E-state index in [9.17, 15) is 0 Å². The summed E-state index contributed by atoms with van der Waals surface area (Å²) in [4.78, 5) is 0. The normalized spacial score (nSPS) is 19.3. The van der Waals surface area contributed by atoms with E-state index in [1.807, 2.05) is 0 Å². The number of ether oxygens (including phenoxy) is 1. The summed E-state index contributed by atoms with van der Waals surface area (Å²) in [5, 5.41) is 0. The molecule has 1 aliphatic heterocycles. The van der Waals surface area contributed by atoms with Crippen LogP contribution in [-0.2, 0) is 13.6 Å². The van der Waals surface area contributed by atoms with E-state index in [4.69, 9.17) is 13.6 Å². The Kier molecular flexibility index (Phi) is 5.84. The van der Waals surface area contributed by atoms with Crippen LogP contribution < -0.4 is 0 Å². The van der Waals surface area contributed by atoms with Crippen molar-refractivity contribution >= 4 is 8.56 Å². The van der Waals surface area contributed by atoms with Gasteiger partial charge in [-0.05, 0) is 53.1 Å². The lowest BCUT2D eigenvalue weighted by Gasteiger charge is -2.43. The molecule has 0 aromatic rings. The minimum atomic E-state index is -2.04. The Morgan fingerprint density at radius 3 is 1.89 bits per heavy atom. The third-order valence-corrected chi connectivity index (χ3v) is 6.74. The maximum Gasteiger partial charge on any atom is 0.335 e. The highest BCUT2D eigenvalue weighted by molar-refractivity contribution is 6.66. The molecule has 1 saturated heterocycles. The molecule has 0 atom stereocenters. The summed E-state index contributed by atoms with van der Waals surface area (Å²) >= 11 is 0. The van der Waals surface area contributed by atoms with Crippen LogP contribution >= 0.6 is 0 Å². The van der Waals surface area contributed by atoms with Gasteiger partial charge in [0, 0.05) is 17.6 Å². The molecule has 3 nitrogen and oxygen atoms in total. The molecule has 4 heteroatoms. The van der Waals surface area contributed by atoms with Gasteiger partial charge < -0.3 is 13.6 Å². The third-order valence-electron chi connectivity index (χ3n) is 3.65. The Balaban J connectivity index is 2.54. The van der Waals surface area contributed by atoms with E-state index >= 15 is 0 Å². The van der Waals surface area contributed by atoms with Crippen molar-refractivity contribution in [3.63, 3.8) is 0 Å². The van der Waals surface area contributed by atoms with Crippen LogP contribution in [0.15, 0.2) is 0 Å². The van der Waals surface area contributed by atoms with Gasteiger partial charge >= 0.3 is 8.56 Å². The fourth-order valence-electron chi connectivity index (χ4n) is 2.55. The van der Waals surface area contributed by atoms with Crippen molar-refractivity contribution in [1.29, 1.82) is 0 Å². The lowest BCUT2D eigenvalue weighted by atomic mass is 9.81. The zero-order valence-corrected chi connectivity index (χ0v) is 13.9. The molecule has 0 radical (unpaired) electrons. The molecule has 1 fully saturated rings. The predicted molar refractivity (Wildman–Crippen MR) is 77.0 cm³/mol. The standard InChI is InChI=1S/C14H30O3Si/c1-7-14(10-15-11-14)8-9-18(6,16-12(2)3)17-13(4)5/h12-13H,7-11H2,1-6H3. The summed E-state index contributed by atoms with van der Waals surface area (Å²) in [6.07, 6.45) is 2.86. The van der Waals surface area contributed by atoms with Crippen molar-refractivity contribution in [3.8, 4) is 0 Å². The van der Waals surface area contributed by atoms with Gasteiger partial charge in [0.25, 0.3) is 0 Å². The molecule has 0 amide bonds. The number of hydrogen-bond acceptors (Lipinski definition) is 3. The van der Waals surface area contributed by atoms with Gasteiger partial charge in [-0.2, -0.15) is 0 Å². The molecule has 18 heavy (non-hydrogen) atoms. The number of rotatable bonds is 8. The van der Waals surface area contributed by atoms with E-state index in [1.165, 1.54) is 12.8 Å². The largest absolute Gasteiger partial charge is 0.392 e. The van der Waals surface area contributed by atoms with Crippen LogP contribution in [0.25, 0.3) is 0 Å². The van der Waals surface area contributed by atoms with Crippen molar-refractivity contribution < 1.29 is 13.6 Å². The fourth-order valence-corrected chi connectivity index (χ4v) is 5.82. The molecule has 0 aromatic carbocycles. The van der Waals surface area contributed by atoms with Gasteiger partial charge in [0.05, 0.1) is 13.2 Å². The zero-order chi connectivity index (χ0) is 13.8. The summed E-state index contributed by atoms with van der Waals surface area (Å²) < 4.78 is 17.7. The first kappa shape index (κ1) is 16.2. The molecule has 0 aromatic heterocycles. The van der Waals surface area contributed by atoms with Crippen molar-refractivity contribution in [2.45, 2.75) is 72.3 Å². The highest BCUT2D eigenvalue weighted by Crippen LogP contribution is 2.38. The van der Waals surface area contributed by atoms with Gasteiger partial charge in [0.15, 0.2) is 0 Å². The Bertz CT molecular complexity index is 234. The second-order valence-electron chi connectivity index (χ2n) is 6.31. The summed E-state index contributed by atoms with van der Waals surface area (Å²) in [6, 6.07) is 1.07. The molecular weight excluding hydrogens is 244 g/mol. The van der Waals surface area contributed by atoms with Crippen LogP contribution in [-0.4, -0.2) is 34.0 Å². The van der Waals surface area contributed by atoms with Gasteiger partial charge in [0.1, 0.15) is 0 Å². The topological polar surface area (TPSA) is 27.7 Å². The first-order valence-corrected chi connectivity index (χ1v) is 9.76. The molecular formula is C14H30O3Si. The summed E-state index contributed by atoms with van der Waals surface area (Å²) in [7, 11) is -2.04. The molecule has 0 bridgehead atoms. The SMILES string of the molecule is CCC1(CC[Si](C)(OC(C)C)OC(C)C)COC1. The second kappa shape index (κ2) is 6.50. The van der Waals surface area contributed by atoms with E-state index in [0.717, 1.165) is 19.3 Å². The smallest absolute Gasteiger partial charge is 0.335 e. The molecule has 0 unspecified atom stereocenters. The van der Waals surface area contributed by atoms with Crippen LogP contribution in [0.1, 0.15) is 47.5 Å². The molecule has 108 valence electrons. The summed E-state index contributed by atoms with van der Waals surface area (Å²) in [6.45, 7) is 14.7. The van der Waals surface area contributed by atoms with E-state index in [2.05, 4.69) is 41.2 Å². The van der Waals surface area contributed by atoms with Crippen molar-refractivity contribution in [2.75, 3.05) is 13.2 Å². The van der Waals surface area contributed by atoms with Gasteiger partial charge in [-0.15, -0.1) is 0 Å². The van der Waals surface area contributed by atoms with E-state index in [-0.39, 0.29) is 12.2 Å². The van der Waals surface area contributed by atoms with Gasteiger partial charge in [-0.3, -0.25) is 0 Å². The van der Waals surface area contributed by atoms with Crippen molar-refractivity contribution in [2.24, 2.45) is 5.41 Å². The maximum atomic E-state index is 6.13. The molecule has 0 N–H and O–H groups in total. The van der Waals surface area contributed by atoms with E-state index < -0.39 is 8.56 Å². The van der Waals surface area contributed by atoms with Crippen molar-refractivity contribution in [3.05, 3.63) is 0 Å². The van der Waals surface area contributed by atoms with Crippen molar-refractivity contribution in [1.82, 2.24) is 0 Å². The lowest BCUT2D eigenvalue weighted by Crippen LogP contribution is -2.47. The molecule has 0 spiro atoms. The van der Waals surface area contributed by atoms with Crippen LogP contribution in [0.2, 0.25) is 12.6 Å². The predicted octanol–water partition coefficient (Wildman–Crippen LogP) is 3.73. The first-order valence-electron chi connectivity index (χ1n) is 7.24. The van der Waals surface area contributed by atoms with Crippen LogP contribution in [0.4, 0.5) is 0 Å². The maximum absolute atomic E-state index is 6.13. The van der Waals surface area contributed by atoms with Gasteiger partial charge in [-0.25, -0.2) is 0 Å². The second-order valence-corrected chi connectivity index (χ2v) is 9.55.